The first kappa shape index (κ1) is 24.8. The van der Waals surface area contributed by atoms with Crippen LogP contribution in [-0.2, 0) is 30.8 Å². The maximum absolute atomic E-state index is 12.6. The van der Waals surface area contributed by atoms with Gasteiger partial charge in [0.1, 0.15) is 10.6 Å². The Hall–Kier alpha value is -2.51. The van der Waals surface area contributed by atoms with Crippen LogP contribution in [0.4, 0.5) is 18.9 Å². The van der Waals surface area contributed by atoms with Crippen LogP contribution in [0, 0.1) is 0 Å². The number of alkyl halides is 3. The second-order valence-electron chi connectivity index (χ2n) is 6.30. The molecule has 1 amide bonds. The van der Waals surface area contributed by atoms with Crippen molar-refractivity contribution in [1.82, 2.24) is 9.29 Å². The maximum Gasteiger partial charge on any atom is 0.416 e. The van der Waals surface area contributed by atoms with Crippen molar-refractivity contribution in [3.63, 3.8) is 0 Å². The lowest BCUT2D eigenvalue weighted by molar-refractivity contribution is -0.137. The SMILES string of the molecule is CCN(CC)S(=O)(=O)c1ccc(S(=O)(=O)CC(=O)Nc2ccc(C(F)(F)F)cc2)nc1. The summed E-state index contributed by atoms with van der Waals surface area (Å²) >= 11 is 0. The Bertz CT molecular complexity index is 1130. The van der Waals surface area contributed by atoms with Gasteiger partial charge in [-0.15, -0.1) is 0 Å². The molecular formula is C18H20F3N3O5S2. The number of pyridine rings is 1. The van der Waals surface area contributed by atoms with Gasteiger partial charge in [-0.25, -0.2) is 21.8 Å². The number of carbonyl (C=O) groups excluding carboxylic acids is 1. The van der Waals surface area contributed by atoms with Gasteiger partial charge in [-0.05, 0) is 36.4 Å². The summed E-state index contributed by atoms with van der Waals surface area (Å²) in [5.74, 6) is -2.01. The lowest BCUT2D eigenvalue weighted by Crippen LogP contribution is -2.30. The van der Waals surface area contributed by atoms with Gasteiger partial charge < -0.3 is 5.32 Å². The molecule has 1 N–H and O–H groups in total. The molecule has 2 rings (SSSR count). The fraction of sp³-hybridized carbons (Fsp3) is 0.333. The second-order valence-corrected chi connectivity index (χ2v) is 10.2. The highest BCUT2D eigenvalue weighted by molar-refractivity contribution is 7.92. The zero-order valence-electron chi connectivity index (χ0n) is 16.5. The van der Waals surface area contributed by atoms with Crippen molar-refractivity contribution in [1.29, 1.82) is 0 Å². The number of hydrogen-bond acceptors (Lipinski definition) is 6. The van der Waals surface area contributed by atoms with Gasteiger partial charge >= 0.3 is 6.18 Å². The van der Waals surface area contributed by atoms with Gasteiger partial charge in [-0.2, -0.15) is 17.5 Å². The number of nitrogens with one attached hydrogen (secondary N) is 1. The van der Waals surface area contributed by atoms with Crippen LogP contribution in [0.2, 0.25) is 0 Å². The van der Waals surface area contributed by atoms with E-state index in [4.69, 9.17) is 0 Å². The third-order valence-corrected chi connectivity index (χ3v) is 7.74. The number of carbonyl (C=O) groups is 1. The van der Waals surface area contributed by atoms with E-state index in [9.17, 15) is 34.8 Å². The quantitative estimate of drug-likeness (QED) is 0.623. The zero-order chi connectivity index (χ0) is 23.4. The number of amides is 1. The van der Waals surface area contributed by atoms with E-state index in [0.29, 0.717) is 0 Å². The van der Waals surface area contributed by atoms with E-state index in [2.05, 4.69) is 10.3 Å². The standard InChI is InChI=1S/C18H20F3N3O5S2/c1-3-24(4-2)31(28,29)15-9-10-17(22-11-15)30(26,27)12-16(25)23-14-7-5-13(6-8-14)18(19,20)21/h5-11H,3-4,12H2,1-2H3,(H,23,25). The van der Waals surface area contributed by atoms with Crippen LogP contribution >= 0.6 is 0 Å². The highest BCUT2D eigenvalue weighted by atomic mass is 32.2. The van der Waals surface area contributed by atoms with Crippen molar-refractivity contribution < 1.29 is 34.8 Å². The lowest BCUT2D eigenvalue weighted by atomic mass is 10.2. The summed E-state index contributed by atoms with van der Waals surface area (Å²) in [5, 5.41) is 1.69. The number of hydrogen-bond donors (Lipinski definition) is 1. The fourth-order valence-electron chi connectivity index (χ4n) is 2.60. The molecule has 0 fully saturated rings. The Morgan fingerprint density at radius 3 is 2.03 bits per heavy atom. The molecule has 1 aromatic carbocycles. The summed E-state index contributed by atoms with van der Waals surface area (Å²) in [4.78, 5) is 15.5. The average Bonchev–Trinajstić information content (AvgIpc) is 2.68. The van der Waals surface area contributed by atoms with Gasteiger partial charge in [0.25, 0.3) is 0 Å². The van der Waals surface area contributed by atoms with E-state index in [-0.39, 0.29) is 23.7 Å². The van der Waals surface area contributed by atoms with Crippen molar-refractivity contribution in [3.8, 4) is 0 Å². The molecule has 0 aliphatic carbocycles. The van der Waals surface area contributed by atoms with Crippen LogP contribution in [0.5, 0.6) is 0 Å². The molecule has 1 heterocycles. The molecule has 0 aliphatic heterocycles. The van der Waals surface area contributed by atoms with E-state index >= 15 is 0 Å². The van der Waals surface area contributed by atoms with Crippen molar-refractivity contribution in [3.05, 3.63) is 48.2 Å². The number of nitrogens with zero attached hydrogens (tertiary/aromatic N) is 2. The van der Waals surface area contributed by atoms with Gasteiger partial charge in [0, 0.05) is 25.0 Å². The molecule has 0 saturated carbocycles. The van der Waals surface area contributed by atoms with Gasteiger partial charge in [0.15, 0.2) is 5.03 Å². The third kappa shape index (κ3) is 6.02. The maximum atomic E-state index is 12.6. The summed E-state index contributed by atoms with van der Waals surface area (Å²) in [5.41, 5.74) is -0.927. The Morgan fingerprint density at radius 1 is 1.00 bits per heavy atom. The van der Waals surface area contributed by atoms with E-state index in [1.807, 2.05) is 0 Å². The minimum atomic E-state index is -4.54. The predicted octanol–water partition coefficient (Wildman–Crippen LogP) is 2.54. The fourth-order valence-corrected chi connectivity index (χ4v) is 5.06. The van der Waals surface area contributed by atoms with Crippen molar-refractivity contribution in [2.45, 2.75) is 29.9 Å². The average molecular weight is 480 g/mol. The molecule has 0 radical (unpaired) electrons. The van der Waals surface area contributed by atoms with Gasteiger partial charge in [0.05, 0.1) is 5.56 Å². The van der Waals surface area contributed by atoms with E-state index in [1.54, 1.807) is 13.8 Å². The highest BCUT2D eigenvalue weighted by Crippen LogP contribution is 2.29. The second kappa shape index (κ2) is 9.32. The number of aromatic nitrogens is 1. The molecule has 8 nitrogen and oxygen atoms in total. The topological polar surface area (TPSA) is 114 Å². The minimum absolute atomic E-state index is 0.0122. The summed E-state index contributed by atoms with van der Waals surface area (Å²) in [6.07, 6.45) is -3.64. The third-order valence-electron chi connectivity index (χ3n) is 4.19. The van der Waals surface area contributed by atoms with Crippen molar-refractivity contribution in [2.24, 2.45) is 0 Å². The number of sulfonamides is 1. The normalized spacial score (nSPS) is 12.7. The van der Waals surface area contributed by atoms with Crippen molar-refractivity contribution >= 4 is 31.5 Å². The molecule has 13 heteroatoms. The van der Waals surface area contributed by atoms with Crippen LogP contribution in [0.3, 0.4) is 0 Å². The number of rotatable bonds is 8. The number of halogens is 3. The van der Waals surface area contributed by atoms with Gasteiger partial charge in [0.2, 0.25) is 25.8 Å². The molecule has 31 heavy (non-hydrogen) atoms. The molecule has 2 aromatic rings. The van der Waals surface area contributed by atoms with Gasteiger partial charge in [-0.3, -0.25) is 4.79 Å². The predicted molar refractivity (Wildman–Crippen MR) is 106 cm³/mol. The van der Waals surface area contributed by atoms with E-state index in [0.717, 1.165) is 42.6 Å². The summed E-state index contributed by atoms with van der Waals surface area (Å²) in [6.45, 7) is 3.76. The molecule has 0 unspecified atom stereocenters. The number of benzene rings is 1. The summed E-state index contributed by atoms with van der Waals surface area (Å²) < 4.78 is 88.5. The molecule has 0 spiro atoms. The minimum Gasteiger partial charge on any atom is -0.325 e. The first-order valence-electron chi connectivity index (χ1n) is 8.97. The molecule has 0 saturated heterocycles. The van der Waals surface area contributed by atoms with Crippen LogP contribution < -0.4 is 5.32 Å². The molecule has 1 aromatic heterocycles. The smallest absolute Gasteiger partial charge is 0.325 e. The highest BCUT2D eigenvalue weighted by Gasteiger charge is 2.30. The largest absolute Gasteiger partial charge is 0.416 e. The monoisotopic (exact) mass is 479 g/mol. The number of sulfone groups is 1. The van der Waals surface area contributed by atoms with Crippen LogP contribution in [0.15, 0.2) is 52.5 Å². The Labute approximate surface area is 178 Å². The zero-order valence-corrected chi connectivity index (χ0v) is 18.2. The molecule has 0 bridgehead atoms. The molecule has 0 atom stereocenters. The van der Waals surface area contributed by atoms with Crippen LogP contribution in [0.1, 0.15) is 19.4 Å². The molecule has 170 valence electrons. The first-order chi connectivity index (χ1) is 14.3. The van der Waals surface area contributed by atoms with Crippen molar-refractivity contribution in [2.75, 3.05) is 24.2 Å². The number of anilines is 1. The lowest BCUT2D eigenvalue weighted by Gasteiger charge is -2.18. The Morgan fingerprint density at radius 2 is 1.58 bits per heavy atom. The Kier molecular flexibility index (Phi) is 7.44. The Balaban J connectivity index is 2.12. The van der Waals surface area contributed by atoms with Gasteiger partial charge in [-0.1, -0.05) is 13.8 Å². The first-order valence-corrected chi connectivity index (χ1v) is 12.1. The van der Waals surface area contributed by atoms with E-state index < -0.39 is 48.3 Å². The summed E-state index contributed by atoms with van der Waals surface area (Å²) in [6, 6.07) is 5.57. The van der Waals surface area contributed by atoms with Crippen LogP contribution in [-0.4, -0.2) is 50.9 Å². The van der Waals surface area contributed by atoms with E-state index in [1.165, 1.54) is 4.31 Å². The summed E-state index contributed by atoms with van der Waals surface area (Å²) in [7, 11) is -8.04. The van der Waals surface area contributed by atoms with Crippen LogP contribution in [0.25, 0.3) is 0 Å². The molecule has 0 aliphatic rings. The molecular weight excluding hydrogens is 459 g/mol.